The van der Waals surface area contributed by atoms with Gasteiger partial charge in [-0.3, -0.25) is 0 Å². The first-order valence-electron chi connectivity index (χ1n) is 6.33. The second-order valence-corrected chi connectivity index (χ2v) is 4.85. The van der Waals surface area contributed by atoms with E-state index < -0.39 is 0 Å². The van der Waals surface area contributed by atoms with Gasteiger partial charge in [-0.2, -0.15) is 0 Å². The van der Waals surface area contributed by atoms with Crippen LogP contribution in [-0.4, -0.2) is 14.7 Å². The number of aliphatic hydroxyl groups excluding tert-OH is 1. The molecule has 1 aromatic rings. The average Bonchev–Trinajstić information content (AvgIpc) is 2.66. The van der Waals surface area contributed by atoms with Gasteiger partial charge < -0.3 is 9.67 Å². The summed E-state index contributed by atoms with van der Waals surface area (Å²) in [5.74, 6) is 0.716. The number of aromatic nitrogens is 2. The molecule has 0 amide bonds. The Labute approximate surface area is 98.5 Å². The number of hydrogen-bond donors (Lipinski definition) is 1. The maximum atomic E-state index is 10.1. The smallest absolute Gasteiger partial charge is 0.0955 e. The van der Waals surface area contributed by atoms with Crippen LogP contribution in [0.4, 0.5) is 0 Å². The summed E-state index contributed by atoms with van der Waals surface area (Å²) in [4.78, 5) is 4.11. The zero-order chi connectivity index (χ0) is 12.0. The van der Waals surface area contributed by atoms with Gasteiger partial charge in [0, 0.05) is 6.54 Å². The fourth-order valence-corrected chi connectivity index (χ4v) is 1.90. The lowest BCUT2D eigenvalue weighted by atomic mass is 10.0. The summed E-state index contributed by atoms with van der Waals surface area (Å²) in [6, 6.07) is 0. The third kappa shape index (κ3) is 3.97. The van der Waals surface area contributed by atoms with Crippen LogP contribution in [0, 0.1) is 5.92 Å². The molecule has 0 aliphatic heterocycles. The Hall–Kier alpha value is -0.830. The lowest BCUT2D eigenvalue weighted by molar-refractivity contribution is 0.152. The van der Waals surface area contributed by atoms with Gasteiger partial charge in [0.2, 0.25) is 0 Å². The van der Waals surface area contributed by atoms with Crippen molar-refractivity contribution in [1.82, 2.24) is 9.55 Å². The fraction of sp³-hybridized carbons (Fsp3) is 0.769. The molecule has 0 saturated heterocycles. The van der Waals surface area contributed by atoms with Crippen LogP contribution in [0.1, 0.15) is 58.3 Å². The highest BCUT2D eigenvalue weighted by Gasteiger charge is 2.12. The molecular formula is C13H24N2O. The minimum Gasteiger partial charge on any atom is -0.387 e. The summed E-state index contributed by atoms with van der Waals surface area (Å²) in [7, 11) is 0. The maximum Gasteiger partial charge on any atom is 0.0955 e. The molecule has 1 atom stereocenters. The van der Waals surface area contributed by atoms with Crippen molar-refractivity contribution in [2.24, 2.45) is 5.92 Å². The van der Waals surface area contributed by atoms with Gasteiger partial charge in [-0.1, -0.05) is 33.6 Å². The zero-order valence-electron chi connectivity index (χ0n) is 10.7. The molecule has 1 aromatic heterocycles. The Balaban J connectivity index is 2.45. The van der Waals surface area contributed by atoms with Gasteiger partial charge in [0.15, 0.2) is 0 Å². The summed E-state index contributed by atoms with van der Waals surface area (Å²) >= 11 is 0. The first-order valence-corrected chi connectivity index (χ1v) is 6.33. The Kier molecular flexibility index (Phi) is 5.53. The van der Waals surface area contributed by atoms with Crippen LogP contribution in [0.25, 0.3) is 0 Å². The number of hydrogen-bond acceptors (Lipinski definition) is 2. The summed E-state index contributed by atoms with van der Waals surface area (Å²) < 4.78 is 2.06. The van der Waals surface area contributed by atoms with Crippen molar-refractivity contribution in [3.63, 3.8) is 0 Å². The molecule has 0 radical (unpaired) electrons. The minimum atomic E-state index is -0.354. The van der Waals surface area contributed by atoms with Crippen LogP contribution in [0.5, 0.6) is 0 Å². The highest BCUT2D eigenvalue weighted by Crippen LogP contribution is 2.20. The van der Waals surface area contributed by atoms with Gasteiger partial charge in [0.25, 0.3) is 0 Å². The highest BCUT2D eigenvalue weighted by molar-refractivity contribution is 5.02. The minimum absolute atomic E-state index is 0.354. The van der Waals surface area contributed by atoms with E-state index in [1.807, 2.05) is 6.33 Å². The maximum absolute atomic E-state index is 10.1. The molecule has 3 heteroatoms. The monoisotopic (exact) mass is 224 g/mol. The molecule has 3 nitrogen and oxygen atoms in total. The van der Waals surface area contributed by atoms with E-state index in [9.17, 15) is 5.11 Å². The third-order valence-electron chi connectivity index (χ3n) is 2.81. The number of nitrogens with zero attached hydrogens (tertiary/aromatic N) is 2. The molecule has 1 unspecified atom stereocenters. The van der Waals surface area contributed by atoms with Crippen molar-refractivity contribution < 1.29 is 5.11 Å². The van der Waals surface area contributed by atoms with E-state index in [1.165, 1.54) is 6.42 Å². The average molecular weight is 224 g/mol. The van der Waals surface area contributed by atoms with E-state index in [1.54, 1.807) is 6.20 Å². The topological polar surface area (TPSA) is 38.0 Å². The second-order valence-electron chi connectivity index (χ2n) is 4.85. The van der Waals surface area contributed by atoms with Crippen molar-refractivity contribution in [2.75, 3.05) is 0 Å². The molecule has 0 spiro atoms. The fourth-order valence-electron chi connectivity index (χ4n) is 1.90. The third-order valence-corrected chi connectivity index (χ3v) is 2.81. The summed E-state index contributed by atoms with van der Waals surface area (Å²) in [5.41, 5.74) is 0.964. The Morgan fingerprint density at radius 2 is 2.12 bits per heavy atom. The van der Waals surface area contributed by atoms with Crippen LogP contribution in [0.15, 0.2) is 12.5 Å². The largest absolute Gasteiger partial charge is 0.387 e. The van der Waals surface area contributed by atoms with Gasteiger partial charge in [-0.25, -0.2) is 4.98 Å². The Morgan fingerprint density at radius 3 is 2.75 bits per heavy atom. The first kappa shape index (κ1) is 13.2. The molecule has 0 aromatic carbocycles. The normalized spacial score (nSPS) is 13.3. The number of aryl methyl sites for hydroxylation is 1. The first-order chi connectivity index (χ1) is 7.65. The predicted molar refractivity (Wildman–Crippen MR) is 66.2 cm³/mol. The zero-order valence-corrected chi connectivity index (χ0v) is 10.7. The van der Waals surface area contributed by atoms with Gasteiger partial charge in [0.05, 0.1) is 24.3 Å². The van der Waals surface area contributed by atoms with Crippen LogP contribution in [-0.2, 0) is 6.54 Å². The molecule has 1 rings (SSSR count). The molecule has 0 fully saturated rings. The van der Waals surface area contributed by atoms with E-state index >= 15 is 0 Å². The van der Waals surface area contributed by atoms with Crippen LogP contribution in [0.2, 0.25) is 0 Å². The summed E-state index contributed by atoms with van der Waals surface area (Å²) in [5, 5.41) is 10.1. The summed E-state index contributed by atoms with van der Waals surface area (Å²) in [6.45, 7) is 7.51. The predicted octanol–water partition coefficient (Wildman–Crippen LogP) is 3.15. The van der Waals surface area contributed by atoms with E-state index in [0.29, 0.717) is 5.92 Å². The van der Waals surface area contributed by atoms with Gasteiger partial charge in [-0.05, 0) is 18.8 Å². The molecular weight excluding hydrogens is 200 g/mol. The van der Waals surface area contributed by atoms with Crippen molar-refractivity contribution in [1.29, 1.82) is 0 Å². The van der Waals surface area contributed by atoms with Crippen LogP contribution >= 0.6 is 0 Å². The SMILES string of the molecule is CCCn1cncc1C(O)CCCC(C)C. The van der Waals surface area contributed by atoms with Crippen molar-refractivity contribution >= 4 is 0 Å². The molecule has 0 saturated carbocycles. The Morgan fingerprint density at radius 1 is 1.38 bits per heavy atom. The molecule has 92 valence electrons. The number of aliphatic hydroxyl groups is 1. The molecule has 16 heavy (non-hydrogen) atoms. The van der Waals surface area contributed by atoms with Crippen molar-refractivity contribution in [3.8, 4) is 0 Å². The van der Waals surface area contributed by atoms with E-state index in [4.69, 9.17) is 0 Å². The van der Waals surface area contributed by atoms with Crippen LogP contribution in [0.3, 0.4) is 0 Å². The second kappa shape index (κ2) is 6.69. The van der Waals surface area contributed by atoms with Gasteiger partial charge in [0.1, 0.15) is 0 Å². The highest BCUT2D eigenvalue weighted by atomic mass is 16.3. The standard InChI is InChI=1S/C13H24N2O/c1-4-8-15-10-14-9-12(15)13(16)7-5-6-11(2)3/h9-11,13,16H,4-8H2,1-3H3. The quantitative estimate of drug-likeness (QED) is 0.772. The van der Waals surface area contributed by atoms with Gasteiger partial charge >= 0.3 is 0 Å². The molecule has 0 aliphatic rings. The molecule has 1 heterocycles. The van der Waals surface area contributed by atoms with E-state index in [2.05, 4.69) is 30.3 Å². The molecule has 0 bridgehead atoms. The molecule has 0 aliphatic carbocycles. The van der Waals surface area contributed by atoms with Crippen LogP contribution < -0.4 is 0 Å². The lowest BCUT2D eigenvalue weighted by Gasteiger charge is -2.13. The van der Waals surface area contributed by atoms with E-state index in [-0.39, 0.29) is 6.10 Å². The van der Waals surface area contributed by atoms with E-state index in [0.717, 1.165) is 31.5 Å². The van der Waals surface area contributed by atoms with Crippen molar-refractivity contribution in [2.45, 2.75) is 59.1 Å². The lowest BCUT2D eigenvalue weighted by Crippen LogP contribution is -2.07. The van der Waals surface area contributed by atoms with Gasteiger partial charge in [-0.15, -0.1) is 0 Å². The van der Waals surface area contributed by atoms with Crippen molar-refractivity contribution in [3.05, 3.63) is 18.2 Å². The number of rotatable bonds is 7. The number of imidazole rings is 1. The summed E-state index contributed by atoms with van der Waals surface area (Å²) in [6.07, 6.45) is 7.41. The molecule has 1 N–H and O–H groups in total. The Bertz CT molecular complexity index is 294.